The smallest absolute Gasteiger partial charge is 0.119 e. The SMILES string of the molecule is CCCC(O)(c1ccccc1)c1ccc(OC(C)C)cc1. The first-order valence-electron chi connectivity index (χ1n) is 7.61. The summed E-state index contributed by atoms with van der Waals surface area (Å²) >= 11 is 0. The zero-order valence-corrected chi connectivity index (χ0v) is 13.0. The van der Waals surface area contributed by atoms with Crippen molar-refractivity contribution >= 4 is 0 Å². The number of hydrogen-bond donors (Lipinski definition) is 1. The van der Waals surface area contributed by atoms with E-state index in [0.29, 0.717) is 6.42 Å². The van der Waals surface area contributed by atoms with Gasteiger partial charge in [-0.15, -0.1) is 0 Å². The number of ether oxygens (including phenoxy) is 1. The second-order valence-corrected chi connectivity index (χ2v) is 5.67. The molecule has 2 heteroatoms. The second kappa shape index (κ2) is 6.77. The summed E-state index contributed by atoms with van der Waals surface area (Å²) in [5, 5.41) is 11.2. The van der Waals surface area contributed by atoms with Gasteiger partial charge in [-0.1, -0.05) is 55.8 Å². The summed E-state index contributed by atoms with van der Waals surface area (Å²) in [4.78, 5) is 0. The molecule has 112 valence electrons. The third-order valence-corrected chi connectivity index (χ3v) is 3.57. The van der Waals surface area contributed by atoms with Gasteiger partial charge in [-0.2, -0.15) is 0 Å². The molecule has 2 aromatic carbocycles. The number of rotatable bonds is 6. The quantitative estimate of drug-likeness (QED) is 0.845. The molecule has 0 amide bonds. The molecule has 2 rings (SSSR count). The first-order valence-corrected chi connectivity index (χ1v) is 7.61. The van der Waals surface area contributed by atoms with E-state index in [1.807, 2.05) is 68.4 Å². The molecule has 0 fully saturated rings. The van der Waals surface area contributed by atoms with Gasteiger partial charge in [-0.25, -0.2) is 0 Å². The highest BCUT2D eigenvalue weighted by atomic mass is 16.5. The van der Waals surface area contributed by atoms with Crippen LogP contribution in [0.4, 0.5) is 0 Å². The summed E-state index contributed by atoms with van der Waals surface area (Å²) in [6.07, 6.45) is 1.76. The molecule has 0 heterocycles. The van der Waals surface area contributed by atoms with Crippen molar-refractivity contribution in [2.75, 3.05) is 0 Å². The van der Waals surface area contributed by atoms with Gasteiger partial charge < -0.3 is 9.84 Å². The molecule has 2 nitrogen and oxygen atoms in total. The van der Waals surface area contributed by atoms with Crippen molar-refractivity contribution in [1.82, 2.24) is 0 Å². The standard InChI is InChI=1S/C19H24O2/c1-4-14-19(20,16-8-6-5-7-9-16)17-10-12-18(13-11-17)21-15(2)3/h5-13,15,20H,4,14H2,1-3H3. The summed E-state index contributed by atoms with van der Waals surface area (Å²) in [5.74, 6) is 0.834. The maximum atomic E-state index is 11.2. The lowest BCUT2D eigenvalue weighted by molar-refractivity contribution is 0.0701. The third kappa shape index (κ3) is 3.64. The molecule has 1 N–H and O–H groups in total. The van der Waals surface area contributed by atoms with Crippen LogP contribution >= 0.6 is 0 Å². The minimum absolute atomic E-state index is 0.152. The molecule has 0 saturated heterocycles. The molecule has 0 aliphatic heterocycles. The van der Waals surface area contributed by atoms with Gasteiger partial charge in [0.15, 0.2) is 0 Å². The predicted octanol–water partition coefficient (Wildman–Crippen LogP) is 4.51. The van der Waals surface area contributed by atoms with E-state index in [4.69, 9.17) is 4.74 Å². The summed E-state index contributed by atoms with van der Waals surface area (Å²) < 4.78 is 5.67. The van der Waals surface area contributed by atoms with Crippen molar-refractivity contribution in [1.29, 1.82) is 0 Å². The van der Waals surface area contributed by atoms with Crippen molar-refractivity contribution in [3.63, 3.8) is 0 Å². The van der Waals surface area contributed by atoms with E-state index in [1.54, 1.807) is 0 Å². The molecule has 2 aromatic rings. The Morgan fingerprint density at radius 3 is 2.05 bits per heavy atom. The van der Waals surface area contributed by atoms with Gasteiger partial charge >= 0.3 is 0 Å². The highest BCUT2D eigenvalue weighted by molar-refractivity contribution is 5.38. The van der Waals surface area contributed by atoms with E-state index in [1.165, 1.54) is 0 Å². The lowest BCUT2D eigenvalue weighted by atomic mass is 9.83. The van der Waals surface area contributed by atoms with Crippen LogP contribution in [0.25, 0.3) is 0 Å². The molecule has 1 unspecified atom stereocenters. The van der Waals surface area contributed by atoms with Crippen LogP contribution in [0.3, 0.4) is 0 Å². The van der Waals surface area contributed by atoms with Crippen molar-refractivity contribution in [2.24, 2.45) is 0 Å². The Labute approximate surface area is 127 Å². The largest absolute Gasteiger partial charge is 0.491 e. The molecular weight excluding hydrogens is 260 g/mol. The minimum Gasteiger partial charge on any atom is -0.491 e. The van der Waals surface area contributed by atoms with Crippen LogP contribution in [0, 0.1) is 0 Å². The summed E-state index contributed by atoms with van der Waals surface area (Å²) in [6, 6.07) is 17.6. The monoisotopic (exact) mass is 284 g/mol. The van der Waals surface area contributed by atoms with Gasteiger partial charge in [-0.05, 0) is 43.5 Å². The normalized spacial score (nSPS) is 14.0. The maximum Gasteiger partial charge on any atom is 0.119 e. The molecule has 0 bridgehead atoms. The van der Waals surface area contributed by atoms with Crippen LogP contribution in [0.1, 0.15) is 44.7 Å². The first kappa shape index (κ1) is 15.6. The Morgan fingerprint density at radius 1 is 0.952 bits per heavy atom. The molecular formula is C19H24O2. The van der Waals surface area contributed by atoms with Gasteiger partial charge in [0.05, 0.1) is 6.10 Å². The van der Waals surface area contributed by atoms with E-state index in [2.05, 4.69) is 6.92 Å². The van der Waals surface area contributed by atoms with Crippen LogP contribution < -0.4 is 4.74 Å². The average Bonchev–Trinajstić information content (AvgIpc) is 2.48. The minimum atomic E-state index is -0.938. The van der Waals surface area contributed by atoms with E-state index >= 15 is 0 Å². The van der Waals surface area contributed by atoms with Gasteiger partial charge in [-0.3, -0.25) is 0 Å². The number of aliphatic hydroxyl groups is 1. The van der Waals surface area contributed by atoms with Crippen LogP contribution in [0.2, 0.25) is 0 Å². The summed E-state index contributed by atoms with van der Waals surface area (Å²) in [5.41, 5.74) is 0.905. The summed E-state index contributed by atoms with van der Waals surface area (Å²) in [6.45, 7) is 6.10. The molecule has 0 saturated carbocycles. The first-order chi connectivity index (χ1) is 10.1. The molecule has 0 radical (unpaired) electrons. The molecule has 21 heavy (non-hydrogen) atoms. The van der Waals surface area contributed by atoms with Gasteiger partial charge in [0.2, 0.25) is 0 Å². The molecule has 0 aliphatic carbocycles. The van der Waals surface area contributed by atoms with Crippen LogP contribution in [0.15, 0.2) is 54.6 Å². The summed E-state index contributed by atoms with van der Waals surface area (Å²) in [7, 11) is 0. The Morgan fingerprint density at radius 2 is 1.52 bits per heavy atom. The molecule has 1 atom stereocenters. The predicted molar refractivity (Wildman–Crippen MR) is 86.6 cm³/mol. The van der Waals surface area contributed by atoms with E-state index in [0.717, 1.165) is 23.3 Å². The zero-order valence-electron chi connectivity index (χ0n) is 13.0. The zero-order chi connectivity index (χ0) is 15.3. The Bertz CT molecular complexity index is 546. The number of benzene rings is 2. The number of hydrogen-bond acceptors (Lipinski definition) is 2. The topological polar surface area (TPSA) is 29.5 Å². The van der Waals surface area contributed by atoms with Crippen LogP contribution in [-0.4, -0.2) is 11.2 Å². The average molecular weight is 284 g/mol. The molecule has 0 aromatic heterocycles. The Kier molecular flexibility index (Phi) is 5.03. The molecule has 0 spiro atoms. The van der Waals surface area contributed by atoms with Crippen LogP contribution in [-0.2, 0) is 5.60 Å². The Balaban J connectivity index is 2.34. The lowest BCUT2D eigenvalue weighted by Gasteiger charge is -2.29. The van der Waals surface area contributed by atoms with Crippen molar-refractivity contribution in [3.05, 3.63) is 65.7 Å². The lowest BCUT2D eigenvalue weighted by Crippen LogP contribution is -2.27. The van der Waals surface area contributed by atoms with Gasteiger partial charge in [0, 0.05) is 0 Å². The highest BCUT2D eigenvalue weighted by Crippen LogP contribution is 2.34. The maximum absolute atomic E-state index is 11.2. The highest BCUT2D eigenvalue weighted by Gasteiger charge is 2.30. The fourth-order valence-corrected chi connectivity index (χ4v) is 2.61. The van der Waals surface area contributed by atoms with Crippen molar-refractivity contribution in [3.8, 4) is 5.75 Å². The molecule has 0 aliphatic rings. The van der Waals surface area contributed by atoms with E-state index in [-0.39, 0.29) is 6.10 Å². The van der Waals surface area contributed by atoms with Crippen LogP contribution in [0.5, 0.6) is 5.75 Å². The second-order valence-electron chi connectivity index (χ2n) is 5.67. The van der Waals surface area contributed by atoms with Crippen molar-refractivity contribution < 1.29 is 9.84 Å². The van der Waals surface area contributed by atoms with E-state index in [9.17, 15) is 5.11 Å². The Hall–Kier alpha value is -1.80. The van der Waals surface area contributed by atoms with E-state index < -0.39 is 5.60 Å². The van der Waals surface area contributed by atoms with Crippen molar-refractivity contribution in [2.45, 2.75) is 45.3 Å². The van der Waals surface area contributed by atoms with Gasteiger partial charge in [0.1, 0.15) is 11.4 Å². The fraction of sp³-hybridized carbons (Fsp3) is 0.368. The third-order valence-electron chi connectivity index (χ3n) is 3.57. The fourth-order valence-electron chi connectivity index (χ4n) is 2.61. The van der Waals surface area contributed by atoms with Gasteiger partial charge in [0.25, 0.3) is 0 Å².